The number of aromatic nitrogens is 3. The maximum atomic E-state index is 12.1. The molecule has 0 fully saturated rings. The number of aryl methyl sites for hydroxylation is 1. The topological polar surface area (TPSA) is 103 Å². The number of pyridine rings is 1. The summed E-state index contributed by atoms with van der Waals surface area (Å²) in [6, 6.07) is 2.91. The van der Waals surface area contributed by atoms with E-state index in [9.17, 15) is 8.42 Å². The zero-order valence-corrected chi connectivity index (χ0v) is 10.6. The highest BCUT2D eigenvalue weighted by atomic mass is 32.2. The number of nitrogens with two attached hydrogens (primary N) is 1. The first-order valence-electron chi connectivity index (χ1n) is 5.28. The Balaban J connectivity index is 2.30. The molecule has 0 atom stereocenters. The molecule has 18 heavy (non-hydrogen) atoms. The van der Waals surface area contributed by atoms with Crippen molar-refractivity contribution < 1.29 is 8.42 Å². The van der Waals surface area contributed by atoms with Gasteiger partial charge in [0.25, 0.3) is 10.0 Å². The molecule has 2 rings (SSSR count). The standard InChI is InChI=1S/C10H13N5O2S/c1-2-15-7-8(6-13-15)14-18(16,17)9-4-3-5-12-10(9)11/h3-7,14H,2H2,1H3,(H2,11,12). The SMILES string of the molecule is CCn1cc(NS(=O)(=O)c2cccnc2N)cn1. The number of hydrogen-bond acceptors (Lipinski definition) is 5. The summed E-state index contributed by atoms with van der Waals surface area (Å²) >= 11 is 0. The van der Waals surface area contributed by atoms with Crippen molar-refractivity contribution in [1.29, 1.82) is 0 Å². The molecule has 2 aromatic rings. The average molecular weight is 267 g/mol. The first-order valence-corrected chi connectivity index (χ1v) is 6.77. The Labute approximate surface area is 105 Å². The quantitative estimate of drug-likeness (QED) is 0.848. The minimum atomic E-state index is -3.73. The molecule has 0 saturated carbocycles. The molecule has 0 bridgehead atoms. The van der Waals surface area contributed by atoms with Crippen LogP contribution in [-0.4, -0.2) is 23.2 Å². The summed E-state index contributed by atoms with van der Waals surface area (Å²) in [5.74, 6) is -0.0344. The van der Waals surface area contributed by atoms with Crippen LogP contribution < -0.4 is 10.5 Å². The van der Waals surface area contributed by atoms with Crippen LogP contribution in [0, 0.1) is 0 Å². The molecule has 0 unspecified atom stereocenters. The van der Waals surface area contributed by atoms with Crippen LogP contribution in [0.3, 0.4) is 0 Å². The molecule has 0 saturated heterocycles. The summed E-state index contributed by atoms with van der Waals surface area (Å²) in [5.41, 5.74) is 5.93. The second kappa shape index (κ2) is 4.65. The van der Waals surface area contributed by atoms with Crippen molar-refractivity contribution in [1.82, 2.24) is 14.8 Å². The highest BCUT2D eigenvalue weighted by molar-refractivity contribution is 7.92. The molecule has 0 spiro atoms. The Bertz CT molecular complexity index is 650. The van der Waals surface area contributed by atoms with Gasteiger partial charge in [-0.15, -0.1) is 0 Å². The third kappa shape index (κ3) is 2.43. The highest BCUT2D eigenvalue weighted by Crippen LogP contribution is 2.18. The third-order valence-electron chi connectivity index (χ3n) is 2.30. The molecule has 0 amide bonds. The van der Waals surface area contributed by atoms with Crippen molar-refractivity contribution in [2.75, 3.05) is 10.5 Å². The first kappa shape index (κ1) is 12.4. The normalized spacial score (nSPS) is 11.4. The summed E-state index contributed by atoms with van der Waals surface area (Å²) in [4.78, 5) is 3.70. The zero-order chi connectivity index (χ0) is 13.2. The summed E-state index contributed by atoms with van der Waals surface area (Å²) in [6.45, 7) is 2.57. The van der Waals surface area contributed by atoms with Gasteiger partial charge in [-0.3, -0.25) is 9.40 Å². The Morgan fingerprint density at radius 3 is 2.89 bits per heavy atom. The van der Waals surface area contributed by atoms with E-state index in [0.29, 0.717) is 12.2 Å². The van der Waals surface area contributed by atoms with Crippen LogP contribution >= 0.6 is 0 Å². The van der Waals surface area contributed by atoms with Gasteiger partial charge in [-0.1, -0.05) is 0 Å². The van der Waals surface area contributed by atoms with Crippen LogP contribution in [0.5, 0.6) is 0 Å². The number of hydrogen-bond donors (Lipinski definition) is 2. The fourth-order valence-corrected chi connectivity index (χ4v) is 2.54. The molecular weight excluding hydrogens is 254 g/mol. The average Bonchev–Trinajstić information content (AvgIpc) is 2.76. The first-order chi connectivity index (χ1) is 8.53. The molecule has 0 aliphatic rings. The van der Waals surface area contributed by atoms with Crippen LogP contribution in [0.2, 0.25) is 0 Å². The van der Waals surface area contributed by atoms with E-state index in [2.05, 4.69) is 14.8 Å². The van der Waals surface area contributed by atoms with Crippen molar-refractivity contribution in [2.45, 2.75) is 18.4 Å². The van der Waals surface area contributed by atoms with Gasteiger partial charge in [0.2, 0.25) is 0 Å². The van der Waals surface area contributed by atoms with Gasteiger partial charge >= 0.3 is 0 Å². The smallest absolute Gasteiger partial charge is 0.265 e. The van der Waals surface area contributed by atoms with Gasteiger partial charge in [0.1, 0.15) is 10.7 Å². The second-order valence-corrected chi connectivity index (χ2v) is 5.23. The van der Waals surface area contributed by atoms with Gasteiger partial charge in [-0.2, -0.15) is 5.10 Å². The molecular formula is C10H13N5O2S. The lowest BCUT2D eigenvalue weighted by molar-refractivity contribution is 0.601. The number of nitrogen functional groups attached to an aromatic ring is 1. The Hall–Kier alpha value is -2.09. The largest absolute Gasteiger partial charge is 0.383 e. The van der Waals surface area contributed by atoms with E-state index in [1.807, 2.05) is 6.92 Å². The van der Waals surface area contributed by atoms with Gasteiger partial charge in [0.05, 0.1) is 11.9 Å². The molecule has 0 radical (unpaired) electrons. The minimum Gasteiger partial charge on any atom is -0.383 e. The monoisotopic (exact) mass is 267 g/mol. The van der Waals surface area contributed by atoms with Crippen molar-refractivity contribution in [3.05, 3.63) is 30.7 Å². The molecule has 96 valence electrons. The van der Waals surface area contributed by atoms with Gasteiger partial charge < -0.3 is 5.73 Å². The Kier molecular flexibility index (Phi) is 3.19. The number of nitrogens with one attached hydrogen (secondary N) is 1. The highest BCUT2D eigenvalue weighted by Gasteiger charge is 2.18. The maximum Gasteiger partial charge on any atom is 0.265 e. The van der Waals surface area contributed by atoms with Crippen LogP contribution in [0.4, 0.5) is 11.5 Å². The van der Waals surface area contributed by atoms with Crippen LogP contribution in [0.25, 0.3) is 0 Å². The van der Waals surface area contributed by atoms with E-state index in [1.54, 1.807) is 10.9 Å². The number of rotatable bonds is 4. The van der Waals surface area contributed by atoms with Crippen LogP contribution in [-0.2, 0) is 16.6 Å². The fraction of sp³-hybridized carbons (Fsp3) is 0.200. The van der Waals surface area contributed by atoms with E-state index in [4.69, 9.17) is 5.73 Å². The molecule has 0 aromatic carbocycles. The van der Waals surface area contributed by atoms with Crippen molar-refractivity contribution >= 4 is 21.5 Å². The third-order valence-corrected chi connectivity index (χ3v) is 3.73. The molecule has 7 nitrogen and oxygen atoms in total. The van der Waals surface area contributed by atoms with E-state index < -0.39 is 10.0 Å². The molecule has 8 heteroatoms. The van der Waals surface area contributed by atoms with Gasteiger partial charge in [0, 0.05) is 18.9 Å². The van der Waals surface area contributed by atoms with E-state index in [0.717, 1.165) is 0 Å². The van der Waals surface area contributed by atoms with Gasteiger partial charge in [-0.05, 0) is 19.1 Å². The molecule has 3 N–H and O–H groups in total. The van der Waals surface area contributed by atoms with Gasteiger partial charge in [0.15, 0.2) is 0 Å². The predicted octanol–water partition coefficient (Wildman–Crippen LogP) is 0.681. The Morgan fingerprint density at radius 1 is 1.50 bits per heavy atom. The van der Waals surface area contributed by atoms with E-state index in [-0.39, 0.29) is 10.7 Å². The van der Waals surface area contributed by atoms with Crippen LogP contribution in [0.1, 0.15) is 6.92 Å². The molecule has 2 heterocycles. The molecule has 2 aromatic heterocycles. The number of nitrogens with zero attached hydrogens (tertiary/aromatic N) is 3. The zero-order valence-electron chi connectivity index (χ0n) is 9.74. The Morgan fingerprint density at radius 2 is 2.28 bits per heavy atom. The minimum absolute atomic E-state index is 0.0344. The van der Waals surface area contributed by atoms with Crippen molar-refractivity contribution in [3.63, 3.8) is 0 Å². The fourth-order valence-electron chi connectivity index (χ4n) is 1.43. The van der Waals surface area contributed by atoms with Gasteiger partial charge in [-0.25, -0.2) is 13.4 Å². The lowest BCUT2D eigenvalue weighted by Crippen LogP contribution is -2.15. The predicted molar refractivity (Wildman–Crippen MR) is 67.4 cm³/mol. The van der Waals surface area contributed by atoms with Crippen molar-refractivity contribution in [3.8, 4) is 0 Å². The van der Waals surface area contributed by atoms with E-state index >= 15 is 0 Å². The lowest BCUT2D eigenvalue weighted by atomic mass is 10.5. The second-order valence-electron chi connectivity index (χ2n) is 3.58. The number of sulfonamides is 1. The van der Waals surface area contributed by atoms with Crippen LogP contribution in [0.15, 0.2) is 35.6 Å². The molecule has 0 aliphatic carbocycles. The number of anilines is 2. The summed E-state index contributed by atoms with van der Waals surface area (Å²) in [5, 5.41) is 3.98. The summed E-state index contributed by atoms with van der Waals surface area (Å²) < 4.78 is 28.1. The van der Waals surface area contributed by atoms with E-state index in [1.165, 1.54) is 24.5 Å². The lowest BCUT2D eigenvalue weighted by Gasteiger charge is -2.07. The summed E-state index contributed by atoms with van der Waals surface area (Å²) in [6.07, 6.45) is 4.47. The van der Waals surface area contributed by atoms with Crippen molar-refractivity contribution in [2.24, 2.45) is 0 Å². The summed E-state index contributed by atoms with van der Waals surface area (Å²) in [7, 11) is -3.73. The molecule has 0 aliphatic heterocycles. The maximum absolute atomic E-state index is 12.1.